The molecule has 4 aliphatic rings. The van der Waals surface area contributed by atoms with Gasteiger partial charge in [0.15, 0.2) is 0 Å². The average Bonchev–Trinajstić information content (AvgIpc) is 3.09. The van der Waals surface area contributed by atoms with Crippen molar-refractivity contribution in [2.24, 2.45) is 24.8 Å². The fraction of sp³-hybridized carbons (Fsp3) is 0.833. The first-order chi connectivity index (χ1) is 14.1. The normalized spacial score (nSPS) is 33.5. The van der Waals surface area contributed by atoms with Gasteiger partial charge in [0.2, 0.25) is 0 Å². The molecular weight excluding hydrogens is 360 g/mol. The first kappa shape index (κ1) is 19.6. The molecule has 1 aromatic rings. The smallest absolute Gasteiger partial charge is 0.272 e. The maximum Gasteiger partial charge on any atom is 0.272 e. The second-order valence-electron chi connectivity index (χ2n) is 10.4. The van der Waals surface area contributed by atoms with Crippen LogP contribution in [0.25, 0.3) is 0 Å². The molecule has 5 heteroatoms. The molecule has 1 aromatic heterocycles. The van der Waals surface area contributed by atoms with Crippen LogP contribution in [-0.2, 0) is 7.05 Å². The summed E-state index contributed by atoms with van der Waals surface area (Å²) in [5.74, 6) is 2.44. The number of rotatable bonds is 3. The number of carbonyl (C=O) groups is 1. The third-order valence-electron chi connectivity index (χ3n) is 8.53. The number of aryl methyl sites for hydroxylation is 2. The van der Waals surface area contributed by atoms with Crippen LogP contribution in [0.2, 0.25) is 0 Å². The zero-order valence-corrected chi connectivity index (χ0v) is 18.4. The van der Waals surface area contributed by atoms with Gasteiger partial charge in [0.05, 0.1) is 12.0 Å². The Labute approximate surface area is 175 Å². The number of fused-ring (bicyclic) bond motifs is 4. The minimum Gasteiger partial charge on any atom is -0.337 e. The van der Waals surface area contributed by atoms with E-state index in [2.05, 4.69) is 14.8 Å². The summed E-state index contributed by atoms with van der Waals surface area (Å²) < 4.78 is 1.91. The van der Waals surface area contributed by atoms with E-state index in [4.69, 9.17) is 0 Å². The Balaban J connectivity index is 1.38. The van der Waals surface area contributed by atoms with Gasteiger partial charge >= 0.3 is 0 Å². The van der Waals surface area contributed by atoms with Crippen LogP contribution in [0.4, 0.5) is 0 Å². The number of amides is 1. The van der Waals surface area contributed by atoms with Crippen molar-refractivity contribution in [1.82, 2.24) is 19.4 Å². The molecule has 0 N–H and O–H groups in total. The number of piperidine rings is 3. The van der Waals surface area contributed by atoms with Gasteiger partial charge in [0, 0.05) is 32.2 Å². The van der Waals surface area contributed by atoms with E-state index >= 15 is 0 Å². The minimum atomic E-state index is 0.206. The predicted molar refractivity (Wildman–Crippen MR) is 115 cm³/mol. The van der Waals surface area contributed by atoms with Gasteiger partial charge < -0.3 is 9.47 Å². The molecule has 0 aromatic carbocycles. The monoisotopic (exact) mass is 398 g/mol. The number of nitrogens with zero attached hydrogens (tertiary/aromatic N) is 4. The van der Waals surface area contributed by atoms with Crippen LogP contribution in [0.1, 0.15) is 80.4 Å². The SMILES string of the molecule is Cc1ncn(C)c1C(=O)N1C[C@H]2C[C@@H](C1)[C@H](CC1CCCCC1)N1CCCC[C@@H]21. The van der Waals surface area contributed by atoms with Crippen LogP contribution >= 0.6 is 0 Å². The fourth-order valence-electron chi connectivity index (χ4n) is 7.17. The summed E-state index contributed by atoms with van der Waals surface area (Å²) in [4.78, 5) is 22.9. The van der Waals surface area contributed by atoms with Crippen molar-refractivity contribution in [2.45, 2.75) is 83.2 Å². The van der Waals surface area contributed by atoms with Crippen molar-refractivity contribution < 1.29 is 4.79 Å². The van der Waals surface area contributed by atoms with Crippen LogP contribution in [0, 0.1) is 24.7 Å². The lowest BCUT2D eigenvalue weighted by Crippen LogP contribution is -2.64. The van der Waals surface area contributed by atoms with E-state index in [1.54, 1.807) is 6.33 Å². The molecule has 4 heterocycles. The molecule has 0 radical (unpaired) electrons. The van der Waals surface area contributed by atoms with E-state index in [0.29, 0.717) is 23.9 Å². The molecule has 2 bridgehead atoms. The van der Waals surface area contributed by atoms with Crippen LogP contribution < -0.4 is 0 Å². The highest BCUT2D eigenvalue weighted by atomic mass is 16.2. The number of imidazole rings is 1. The van der Waals surface area contributed by atoms with E-state index in [1.807, 2.05) is 18.5 Å². The molecule has 3 saturated heterocycles. The molecule has 4 atom stereocenters. The first-order valence-corrected chi connectivity index (χ1v) is 12.1. The molecule has 5 rings (SSSR count). The predicted octanol–water partition coefficient (Wildman–Crippen LogP) is 4.01. The molecule has 3 aliphatic heterocycles. The summed E-state index contributed by atoms with van der Waals surface area (Å²) >= 11 is 0. The Hall–Kier alpha value is -1.36. The second kappa shape index (κ2) is 8.05. The summed E-state index contributed by atoms with van der Waals surface area (Å²) in [7, 11) is 1.95. The Kier molecular flexibility index (Phi) is 5.44. The highest BCUT2D eigenvalue weighted by Crippen LogP contribution is 2.44. The van der Waals surface area contributed by atoms with Crippen LogP contribution in [0.5, 0.6) is 0 Å². The standard InChI is InChI=1S/C24H38N4O/c1-17-23(26(2)16-25-17)24(29)27-14-19-13-20(15-27)22(12-18-8-4-3-5-9-18)28-11-7-6-10-21(19)28/h16,18-22H,3-15H2,1-2H3/t19-,20+,21+,22+/m1/s1. The average molecular weight is 399 g/mol. The van der Waals surface area contributed by atoms with Gasteiger partial charge in [-0.25, -0.2) is 4.98 Å². The molecule has 1 amide bonds. The molecule has 5 nitrogen and oxygen atoms in total. The first-order valence-electron chi connectivity index (χ1n) is 12.1. The van der Waals surface area contributed by atoms with E-state index in [9.17, 15) is 4.79 Å². The lowest BCUT2D eigenvalue weighted by atomic mass is 9.69. The molecule has 0 spiro atoms. The number of hydrogen-bond donors (Lipinski definition) is 0. The molecular formula is C24H38N4O. The largest absolute Gasteiger partial charge is 0.337 e. The third-order valence-corrected chi connectivity index (χ3v) is 8.53. The quantitative estimate of drug-likeness (QED) is 0.772. The number of hydrogen-bond acceptors (Lipinski definition) is 3. The second-order valence-corrected chi connectivity index (χ2v) is 10.4. The van der Waals surface area contributed by atoms with Crippen LogP contribution in [0.3, 0.4) is 0 Å². The maximum absolute atomic E-state index is 13.4. The van der Waals surface area contributed by atoms with Crippen molar-refractivity contribution in [1.29, 1.82) is 0 Å². The van der Waals surface area contributed by atoms with Crippen molar-refractivity contribution in [3.05, 3.63) is 17.7 Å². The lowest BCUT2D eigenvalue weighted by Gasteiger charge is -2.57. The van der Waals surface area contributed by atoms with E-state index in [-0.39, 0.29) is 5.91 Å². The third kappa shape index (κ3) is 3.64. The van der Waals surface area contributed by atoms with Gasteiger partial charge in [-0.1, -0.05) is 38.5 Å². The fourth-order valence-corrected chi connectivity index (χ4v) is 7.17. The molecule has 1 saturated carbocycles. The number of carbonyl (C=O) groups excluding carboxylic acids is 1. The zero-order chi connectivity index (χ0) is 20.0. The minimum absolute atomic E-state index is 0.206. The summed E-state index contributed by atoms with van der Waals surface area (Å²) in [6.45, 7) is 5.15. The zero-order valence-electron chi connectivity index (χ0n) is 18.4. The highest BCUT2D eigenvalue weighted by molar-refractivity contribution is 5.93. The van der Waals surface area contributed by atoms with Crippen LogP contribution in [-0.4, -0.2) is 57.0 Å². The van der Waals surface area contributed by atoms with E-state index in [0.717, 1.165) is 30.4 Å². The van der Waals surface area contributed by atoms with Crippen molar-refractivity contribution in [2.75, 3.05) is 19.6 Å². The summed E-state index contributed by atoms with van der Waals surface area (Å²) in [5, 5.41) is 0. The maximum atomic E-state index is 13.4. The summed E-state index contributed by atoms with van der Waals surface area (Å²) in [6, 6.07) is 1.40. The van der Waals surface area contributed by atoms with Gasteiger partial charge in [0.25, 0.3) is 5.91 Å². The Morgan fingerprint density at radius 2 is 1.83 bits per heavy atom. The molecule has 1 aliphatic carbocycles. The highest BCUT2D eigenvalue weighted by Gasteiger charge is 2.48. The van der Waals surface area contributed by atoms with Gasteiger partial charge in [-0.05, 0) is 56.9 Å². The van der Waals surface area contributed by atoms with Crippen LogP contribution in [0.15, 0.2) is 6.33 Å². The van der Waals surface area contributed by atoms with Crippen molar-refractivity contribution >= 4 is 5.91 Å². The van der Waals surface area contributed by atoms with Gasteiger partial charge in [-0.3, -0.25) is 9.69 Å². The van der Waals surface area contributed by atoms with Crippen molar-refractivity contribution in [3.8, 4) is 0 Å². The molecule has 29 heavy (non-hydrogen) atoms. The van der Waals surface area contributed by atoms with Gasteiger partial charge in [-0.2, -0.15) is 0 Å². The summed E-state index contributed by atoms with van der Waals surface area (Å²) in [5.41, 5.74) is 1.65. The number of aromatic nitrogens is 2. The summed E-state index contributed by atoms with van der Waals surface area (Å²) in [6.07, 6.45) is 15.7. The van der Waals surface area contributed by atoms with E-state index < -0.39 is 0 Å². The van der Waals surface area contributed by atoms with E-state index in [1.165, 1.54) is 70.8 Å². The molecule has 160 valence electrons. The molecule has 0 unspecified atom stereocenters. The van der Waals surface area contributed by atoms with Crippen molar-refractivity contribution in [3.63, 3.8) is 0 Å². The van der Waals surface area contributed by atoms with Gasteiger partial charge in [0.1, 0.15) is 5.69 Å². The topological polar surface area (TPSA) is 41.4 Å². The Morgan fingerprint density at radius 1 is 1.07 bits per heavy atom. The lowest BCUT2D eigenvalue weighted by molar-refractivity contribution is -0.0726. The van der Waals surface area contributed by atoms with Gasteiger partial charge in [-0.15, -0.1) is 0 Å². The Morgan fingerprint density at radius 3 is 2.59 bits per heavy atom. The Bertz CT molecular complexity index is 718. The number of likely N-dealkylation sites (tertiary alicyclic amines) is 1. The molecule has 4 fully saturated rings.